The molecule has 1 amide bonds. The fraction of sp³-hybridized carbons (Fsp3) is 0.286. The molecule has 0 aliphatic rings. The zero-order valence-electron chi connectivity index (χ0n) is 11.2. The number of carboxylic acid groups (broad SMARTS) is 1. The molecule has 112 valence electrons. The maximum Gasteiger partial charge on any atom is 0.323 e. The molecular formula is C14H13Cl2NO3S. The first-order valence-corrected chi connectivity index (χ1v) is 7.90. The highest BCUT2D eigenvalue weighted by Gasteiger charge is 2.23. The van der Waals surface area contributed by atoms with E-state index >= 15 is 0 Å². The second-order valence-electron chi connectivity index (χ2n) is 4.51. The van der Waals surface area contributed by atoms with Crippen LogP contribution in [0.1, 0.15) is 23.0 Å². The van der Waals surface area contributed by atoms with E-state index in [1.54, 1.807) is 18.2 Å². The smallest absolute Gasteiger partial charge is 0.323 e. The molecule has 0 bridgehead atoms. The number of carbonyl (C=O) groups excluding carboxylic acids is 1. The van der Waals surface area contributed by atoms with Crippen LogP contribution in [0.3, 0.4) is 0 Å². The van der Waals surface area contributed by atoms with E-state index in [1.807, 2.05) is 6.92 Å². The van der Waals surface area contributed by atoms with Crippen molar-refractivity contribution in [2.45, 2.75) is 13.3 Å². The van der Waals surface area contributed by atoms with Crippen LogP contribution >= 0.6 is 34.5 Å². The van der Waals surface area contributed by atoms with Crippen molar-refractivity contribution in [2.24, 2.45) is 0 Å². The summed E-state index contributed by atoms with van der Waals surface area (Å²) in [6, 6.07) is 5.21. The second kappa shape index (κ2) is 6.64. The minimum atomic E-state index is -1.04. The van der Waals surface area contributed by atoms with Gasteiger partial charge in [0.2, 0.25) is 0 Å². The molecule has 1 aromatic carbocycles. The molecule has 0 spiro atoms. The maximum absolute atomic E-state index is 12.5. The number of aliphatic carboxylic acids is 1. The van der Waals surface area contributed by atoms with Crippen LogP contribution in [0.15, 0.2) is 18.2 Å². The minimum Gasteiger partial charge on any atom is -0.480 e. The molecule has 0 radical (unpaired) electrons. The van der Waals surface area contributed by atoms with E-state index in [2.05, 4.69) is 0 Å². The van der Waals surface area contributed by atoms with E-state index < -0.39 is 5.97 Å². The van der Waals surface area contributed by atoms with Crippen LogP contribution in [-0.4, -0.2) is 35.0 Å². The molecule has 4 nitrogen and oxygen atoms in total. The quantitative estimate of drug-likeness (QED) is 0.885. The Hall–Kier alpha value is -1.30. The van der Waals surface area contributed by atoms with Crippen molar-refractivity contribution in [1.82, 2.24) is 4.90 Å². The summed E-state index contributed by atoms with van der Waals surface area (Å²) < 4.78 is 0.808. The van der Waals surface area contributed by atoms with E-state index in [0.29, 0.717) is 27.9 Å². The molecule has 2 rings (SSSR count). The van der Waals surface area contributed by atoms with Crippen LogP contribution in [-0.2, 0) is 4.79 Å². The van der Waals surface area contributed by atoms with Gasteiger partial charge >= 0.3 is 5.97 Å². The largest absolute Gasteiger partial charge is 0.480 e. The zero-order valence-corrected chi connectivity index (χ0v) is 13.6. The van der Waals surface area contributed by atoms with Crippen molar-refractivity contribution in [3.05, 3.63) is 33.1 Å². The predicted octanol–water partition coefficient (Wildman–Crippen LogP) is 4.14. The second-order valence-corrected chi connectivity index (χ2v) is 6.37. The normalized spacial score (nSPS) is 10.8. The summed E-state index contributed by atoms with van der Waals surface area (Å²) >= 11 is 13.4. The van der Waals surface area contributed by atoms with Gasteiger partial charge < -0.3 is 10.0 Å². The van der Waals surface area contributed by atoms with E-state index in [9.17, 15) is 9.59 Å². The number of nitrogens with zero attached hydrogens (tertiary/aromatic N) is 1. The Morgan fingerprint density at radius 3 is 2.67 bits per heavy atom. The third-order valence-electron chi connectivity index (χ3n) is 2.89. The highest BCUT2D eigenvalue weighted by atomic mass is 35.5. The fourth-order valence-corrected chi connectivity index (χ4v) is 3.76. The van der Waals surface area contributed by atoms with Crippen molar-refractivity contribution >= 4 is 56.5 Å². The van der Waals surface area contributed by atoms with Gasteiger partial charge in [0, 0.05) is 21.7 Å². The molecule has 0 saturated heterocycles. The molecule has 21 heavy (non-hydrogen) atoms. The van der Waals surface area contributed by atoms with Crippen LogP contribution < -0.4 is 0 Å². The van der Waals surface area contributed by atoms with Gasteiger partial charge in [0.1, 0.15) is 11.4 Å². The number of thiophene rings is 1. The number of fused-ring (bicyclic) bond motifs is 1. The highest BCUT2D eigenvalue weighted by molar-refractivity contribution is 7.21. The van der Waals surface area contributed by atoms with Crippen LogP contribution in [0.4, 0.5) is 0 Å². The molecule has 7 heteroatoms. The number of hydrogen-bond acceptors (Lipinski definition) is 3. The summed E-state index contributed by atoms with van der Waals surface area (Å²) in [5.74, 6) is -1.40. The average molecular weight is 346 g/mol. The average Bonchev–Trinajstić information content (AvgIpc) is 2.73. The summed E-state index contributed by atoms with van der Waals surface area (Å²) in [7, 11) is 0. The molecule has 0 aliphatic carbocycles. The van der Waals surface area contributed by atoms with Gasteiger partial charge in [0.05, 0.1) is 5.02 Å². The summed E-state index contributed by atoms with van der Waals surface area (Å²) in [6.45, 7) is 1.92. The Kier molecular flexibility index (Phi) is 5.08. The molecule has 0 aliphatic heterocycles. The number of carbonyl (C=O) groups is 2. The standard InChI is InChI=1S/C14H13Cl2NO3S/c1-2-5-17(7-11(18)19)14(20)13-12(16)9-4-3-8(15)6-10(9)21-13/h3-4,6H,2,5,7H2,1H3,(H,18,19). The van der Waals surface area contributed by atoms with Crippen molar-refractivity contribution in [3.8, 4) is 0 Å². The Balaban J connectivity index is 2.41. The highest BCUT2D eigenvalue weighted by Crippen LogP contribution is 2.37. The van der Waals surface area contributed by atoms with Crippen LogP contribution in [0.5, 0.6) is 0 Å². The van der Waals surface area contributed by atoms with Crippen LogP contribution in [0.2, 0.25) is 10.0 Å². The summed E-state index contributed by atoms with van der Waals surface area (Å²) in [6.07, 6.45) is 0.674. The summed E-state index contributed by atoms with van der Waals surface area (Å²) in [4.78, 5) is 25.0. The van der Waals surface area contributed by atoms with E-state index in [-0.39, 0.29) is 12.5 Å². The first kappa shape index (κ1) is 16.1. The lowest BCUT2D eigenvalue weighted by atomic mass is 10.2. The molecule has 0 saturated carbocycles. The van der Waals surface area contributed by atoms with Gasteiger partial charge in [-0.1, -0.05) is 36.2 Å². The first-order valence-electron chi connectivity index (χ1n) is 6.32. The Bertz CT molecular complexity index is 699. The van der Waals surface area contributed by atoms with E-state index in [1.165, 1.54) is 16.2 Å². The van der Waals surface area contributed by atoms with E-state index in [0.717, 1.165) is 10.1 Å². The van der Waals surface area contributed by atoms with Gasteiger partial charge in [0.15, 0.2) is 0 Å². The Morgan fingerprint density at radius 2 is 2.05 bits per heavy atom. The molecule has 0 atom stereocenters. The molecule has 2 aromatic rings. The number of amides is 1. The lowest BCUT2D eigenvalue weighted by Gasteiger charge is -2.19. The van der Waals surface area contributed by atoms with Gasteiger partial charge in [-0.05, 0) is 18.6 Å². The predicted molar refractivity (Wildman–Crippen MR) is 85.7 cm³/mol. The number of halogens is 2. The van der Waals surface area contributed by atoms with Gasteiger partial charge in [0.25, 0.3) is 5.91 Å². The number of hydrogen-bond donors (Lipinski definition) is 1. The molecule has 1 N–H and O–H groups in total. The first-order chi connectivity index (χ1) is 9.93. The van der Waals surface area contributed by atoms with Crippen molar-refractivity contribution in [2.75, 3.05) is 13.1 Å². The summed E-state index contributed by atoms with van der Waals surface area (Å²) in [5.41, 5.74) is 0. The van der Waals surface area contributed by atoms with Crippen molar-refractivity contribution in [1.29, 1.82) is 0 Å². The maximum atomic E-state index is 12.5. The SMILES string of the molecule is CCCN(CC(=O)O)C(=O)c1sc2cc(Cl)ccc2c1Cl. The van der Waals surface area contributed by atoms with Gasteiger partial charge in [-0.25, -0.2) is 0 Å². The third-order valence-corrected chi connectivity index (χ3v) is 4.77. The molecular weight excluding hydrogens is 333 g/mol. The van der Waals surface area contributed by atoms with Gasteiger partial charge in [-0.3, -0.25) is 9.59 Å². The van der Waals surface area contributed by atoms with Gasteiger partial charge in [-0.2, -0.15) is 0 Å². The number of benzene rings is 1. The molecule has 0 unspecified atom stereocenters. The lowest BCUT2D eigenvalue weighted by molar-refractivity contribution is -0.137. The van der Waals surface area contributed by atoms with E-state index in [4.69, 9.17) is 28.3 Å². The summed E-state index contributed by atoms with van der Waals surface area (Å²) in [5, 5.41) is 10.6. The van der Waals surface area contributed by atoms with Gasteiger partial charge in [-0.15, -0.1) is 11.3 Å². The topological polar surface area (TPSA) is 57.6 Å². The molecule has 0 fully saturated rings. The van der Waals surface area contributed by atoms with Crippen LogP contribution in [0, 0.1) is 0 Å². The fourth-order valence-electron chi connectivity index (χ4n) is 2.01. The van der Waals surface area contributed by atoms with Crippen LogP contribution in [0.25, 0.3) is 10.1 Å². The molecule has 1 aromatic heterocycles. The zero-order chi connectivity index (χ0) is 15.6. The number of carboxylic acids is 1. The van der Waals surface area contributed by atoms with Crippen molar-refractivity contribution in [3.63, 3.8) is 0 Å². The Labute approximate surface area is 135 Å². The number of rotatable bonds is 5. The third kappa shape index (κ3) is 3.48. The lowest BCUT2D eigenvalue weighted by Crippen LogP contribution is -2.35. The molecule has 1 heterocycles. The van der Waals surface area contributed by atoms with Crippen molar-refractivity contribution < 1.29 is 14.7 Å². The Morgan fingerprint density at radius 1 is 1.33 bits per heavy atom. The minimum absolute atomic E-state index is 0.335. The monoisotopic (exact) mass is 345 g/mol.